The Morgan fingerprint density at radius 1 is 0.667 bits per heavy atom. The fourth-order valence-corrected chi connectivity index (χ4v) is 9.31. The van der Waals surface area contributed by atoms with Crippen LogP contribution in [0.5, 0.6) is 0 Å². The third kappa shape index (κ3) is 13.9. The maximum atomic E-state index is 14.0. The first-order valence-electron chi connectivity index (χ1n) is 15.2. The summed E-state index contributed by atoms with van der Waals surface area (Å²) in [7, 11) is -6.91. The predicted octanol–water partition coefficient (Wildman–Crippen LogP) is 10.6. The third-order valence-electron chi connectivity index (χ3n) is 7.07. The molecule has 2 unspecified atom stereocenters. The Morgan fingerprint density at radius 3 is 1.50 bits per heavy atom. The van der Waals surface area contributed by atoms with E-state index in [2.05, 4.69) is 20.8 Å². The van der Waals surface area contributed by atoms with Gasteiger partial charge in [-0.2, -0.15) is 0 Å². The smallest absolute Gasteiger partial charge is 0.309 e. The minimum atomic E-state index is -3.61. The summed E-state index contributed by atoms with van der Waals surface area (Å²) in [6.07, 6.45) is 21.0. The molecule has 0 radical (unpaired) electrons. The van der Waals surface area contributed by atoms with Crippen LogP contribution in [0.2, 0.25) is 0 Å². The highest BCUT2D eigenvalue weighted by Crippen LogP contribution is 2.72. The molecule has 0 aromatic rings. The van der Waals surface area contributed by atoms with Crippen LogP contribution in [0.4, 0.5) is 0 Å². The summed E-state index contributed by atoms with van der Waals surface area (Å²) < 4.78 is 51.0. The van der Waals surface area contributed by atoms with Gasteiger partial charge in [0, 0.05) is 0 Å². The van der Waals surface area contributed by atoms with Gasteiger partial charge in [0.25, 0.3) is 0 Å². The topological polar surface area (TPSA) is 71.1 Å². The van der Waals surface area contributed by atoms with E-state index in [4.69, 9.17) is 18.1 Å². The van der Waals surface area contributed by atoms with Gasteiger partial charge in [-0.3, -0.25) is 13.7 Å². The van der Waals surface area contributed by atoms with Crippen LogP contribution in [0.15, 0.2) is 0 Å². The SMILES string of the molecule is CCCCCCCCOP1(=O)CCC(C)(P(=O)(OCCCCCCCC)OCCCCCCCC)O1. The minimum Gasteiger partial charge on any atom is -0.309 e. The molecular formula is C28H58O6P2. The van der Waals surface area contributed by atoms with Gasteiger partial charge in [0.05, 0.1) is 26.0 Å². The molecule has 0 aromatic carbocycles. The van der Waals surface area contributed by atoms with Crippen molar-refractivity contribution in [3.8, 4) is 0 Å². The van der Waals surface area contributed by atoms with E-state index in [1.165, 1.54) is 64.2 Å². The van der Waals surface area contributed by atoms with Crippen molar-refractivity contribution in [3.63, 3.8) is 0 Å². The average Bonchev–Trinajstić information content (AvgIpc) is 3.18. The van der Waals surface area contributed by atoms with Gasteiger partial charge in [0.1, 0.15) is 0 Å². The zero-order chi connectivity index (χ0) is 26.6. The molecule has 0 spiro atoms. The second kappa shape index (κ2) is 20.2. The van der Waals surface area contributed by atoms with E-state index in [0.29, 0.717) is 26.2 Å². The first kappa shape index (κ1) is 34.3. The molecule has 1 rings (SSSR count). The van der Waals surface area contributed by atoms with Crippen LogP contribution in [-0.2, 0) is 27.2 Å². The Kier molecular flexibility index (Phi) is 19.3. The van der Waals surface area contributed by atoms with Crippen LogP contribution in [0.3, 0.4) is 0 Å². The molecule has 1 heterocycles. The summed E-state index contributed by atoms with van der Waals surface area (Å²) in [6.45, 7) is 9.53. The number of unbranched alkanes of at least 4 members (excludes halogenated alkanes) is 15. The first-order chi connectivity index (χ1) is 17.3. The highest BCUT2D eigenvalue weighted by atomic mass is 31.2. The molecule has 1 saturated heterocycles. The summed E-state index contributed by atoms with van der Waals surface area (Å²) >= 11 is 0. The number of hydrogen-bond acceptors (Lipinski definition) is 6. The molecule has 0 saturated carbocycles. The molecule has 6 nitrogen and oxygen atoms in total. The maximum Gasteiger partial charge on any atom is 0.362 e. The zero-order valence-corrected chi connectivity index (χ0v) is 25.9. The van der Waals surface area contributed by atoms with Crippen LogP contribution in [0, 0.1) is 0 Å². The van der Waals surface area contributed by atoms with Crippen molar-refractivity contribution in [1.82, 2.24) is 0 Å². The second-order valence-corrected chi connectivity index (χ2v) is 15.2. The Balaban J connectivity index is 2.59. The molecular weight excluding hydrogens is 494 g/mol. The Morgan fingerprint density at radius 2 is 1.06 bits per heavy atom. The lowest BCUT2D eigenvalue weighted by Crippen LogP contribution is -2.26. The summed E-state index contributed by atoms with van der Waals surface area (Å²) in [5.74, 6) is 0. The van der Waals surface area contributed by atoms with Crippen molar-refractivity contribution in [2.24, 2.45) is 0 Å². The van der Waals surface area contributed by atoms with Crippen molar-refractivity contribution in [1.29, 1.82) is 0 Å². The van der Waals surface area contributed by atoms with Gasteiger partial charge in [-0.15, -0.1) is 0 Å². The molecule has 0 bridgehead atoms. The molecule has 1 aliphatic heterocycles. The highest BCUT2D eigenvalue weighted by molar-refractivity contribution is 7.59. The molecule has 1 aliphatic rings. The van der Waals surface area contributed by atoms with Crippen molar-refractivity contribution in [2.45, 2.75) is 155 Å². The molecule has 36 heavy (non-hydrogen) atoms. The second-order valence-electron chi connectivity index (χ2n) is 10.7. The lowest BCUT2D eigenvalue weighted by atomic mass is 10.1. The highest BCUT2D eigenvalue weighted by Gasteiger charge is 2.58. The van der Waals surface area contributed by atoms with Gasteiger partial charge >= 0.3 is 15.2 Å². The largest absolute Gasteiger partial charge is 0.362 e. The first-order valence-corrected chi connectivity index (χ1v) is 18.5. The molecule has 2 atom stereocenters. The molecule has 216 valence electrons. The maximum absolute atomic E-state index is 14.0. The van der Waals surface area contributed by atoms with E-state index in [9.17, 15) is 9.13 Å². The fraction of sp³-hybridized carbons (Fsp3) is 1.00. The van der Waals surface area contributed by atoms with Crippen molar-refractivity contribution < 1.29 is 27.2 Å². The van der Waals surface area contributed by atoms with Crippen molar-refractivity contribution in [3.05, 3.63) is 0 Å². The monoisotopic (exact) mass is 552 g/mol. The number of hydrogen-bond donors (Lipinski definition) is 0. The van der Waals surface area contributed by atoms with Gasteiger partial charge in [0.15, 0.2) is 5.34 Å². The Bertz CT molecular complexity index is 607. The van der Waals surface area contributed by atoms with E-state index in [-0.39, 0.29) is 6.16 Å². The van der Waals surface area contributed by atoms with Gasteiger partial charge in [-0.1, -0.05) is 117 Å². The third-order valence-corrected chi connectivity index (χ3v) is 11.8. The quantitative estimate of drug-likeness (QED) is 0.0828. The van der Waals surface area contributed by atoms with E-state index >= 15 is 0 Å². The van der Waals surface area contributed by atoms with Gasteiger partial charge in [-0.05, 0) is 32.6 Å². The molecule has 1 fully saturated rings. The summed E-state index contributed by atoms with van der Waals surface area (Å²) in [6, 6.07) is 0. The van der Waals surface area contributed by atoms with E-state index < -0.39 is 20.5 Å². The lowest BCUT2D eigenvalue weighted by Gasteiger charge is -2.32. The minimum absolute atomic E-state index is 0.268. The van der Waals surface area contributed by atoms with E-state index in [1.54, 1.807) is 6.92 Å². The average molecular weight is 553 g/mol. The molecule has 0 N–H and O–H groups in total. The molecule has 8 heteroatoms. The molecule has 0 aromatic heterocycles. The summed E-state index contributed by atoms with van der Waals surface area (Å²) in [5.41, 5.74) is 0. The normalized spacial score (nSPS) is 22.4. The van der Waals surface area contributed by atoms with Gasteiger partial charge in [-0.25, -0.2) is 0 Å². The zero-order valence-electron chi connectivity index (χ0n) is 24.1. The molecule has 0 aliphatic carbocycles. The number of rotatable bonds is 25. The van der Waals surface area contributed by atoms with Crippen LogP contribution in [0.1, 0.15) is 150 Å². The summed E-state index contributed by atoms with van der Waals surface area (Å²) in [4.78, 5) is 0. The Labute approximate surface area is 223 Å². The fourth-order valence-electron chi connectivity index (χ4n) is 4.54. The van der Waals surface area contributed by atoms with Gasteiger partial charge in [0.2, 0.25) is 0 Å². The standard InChI is InChI=1S/C28H58O6P2/c1-5-8-11-14-17-20-24-31-35(29)27-23-28(4,34-35)36(30,32-25-21-18-15-12-9-6-2)33-26-22-19-16-13-10-7-3/h5-27H2,1-4H3. The van der Waals surface area contributed by atoms with E-state index in [1.807, 2.05) is 0 Å². The van der Waals surface area contributed by atoms with Crippen LogP contribution in [-0.4, -0.2) is 31.3 Å². The van der Waals surface area contributed by atoms with Crippen LogP contribution < -0.4 is 0 Å². The van der Waals surface area contributed by atoms with E-state index in [0.717, 1.165) is 51.4 Å². The predicted molar refractivity (Wildman–Crippen MR) is 152 cm³/mol. The van der Waals surface area contributed by atoms with Gasteiger partial charge < -0.3 is 13.6 Å². The van der Waals surface area contributed by atoms with Crippen LogP contribution >= 0.6 is 15.2 Å². The molecule has 0 amide bonds. The van der Waals surface area contributed by atoms with Crippen molar-refractivity contribution in [2.75, 3.05) is 26.0 Å². The van der Waals surface area contributed by atoms with Crippen LogP contribution in [0.25, 0.3) is 0 Å². The summed E-state index contributed by atoms with van der Waals surface area (Å²) in [5, 5.41) is -1.21. The lowest BCUT2D eigenvalue weighted by molar-refractivity contribution is 0.0937. The van der Waals surface area contributed by atoms with Crippen molar-refractivity contribution >= 4 is 15.2 Å². The Hall–Kier alpha value is 0.300.